The van der Waals surface area contributed by atoms with Crippen LogP contribution in [0.25, 0.3) is 11.0 Å². The van der Waals surface area contributed by atoms with Crippen molar-refractivity contribution >= 4 is 34.4 Å². The van der Waals surface area contributed by atoms with Gasteiger partial charge in [-0.05, 0) is 30.9 Å². The summed E-state index contributed by atoms with van der Waals surface area (Å²) in [5, 5.41) is 6.16. The number of fused-ring (bicyclic) bond motifs is 2. The number of aromatic amines is 1. The Labute approximate surface area is 210 Å². The number of alkyl halides is 3. The zero-order valence-corrected chi connectivity index (χ0v) is 20.1. The maximum absolute atomic E-state index is 13.7. The number of morpholine rings is 1. The molecule has 37 heavy (non-hydrogen) atoms. The van der Waals surface area contributed by atoms with Crippen LogP contribution in [0.1, 0.15) is 40.7 Å². The van der Waals surface area contributed by atoms with Gasteiger partial charge in [0.05, 0.1) is 36.5 Å². The lowest BCUT2D eigenvalue weighted by molar-refractivity contribution is -0.136. The largest absolute Gasteiger partial charge is 0.491 e. The van der Waals surface area contributed by atoms with E-state index in [1.165, 1.54) is 0 Å². The van der Waals surface area contributed by atoms with Gasteiger partial charge in [0.15, 0.2) is 0 Å². The minimum atomic E-state index is -4.54. The molecule has 2 aliphatic heterocycles. The zero-order valence-electron chi connectivity index (χ0n) is 20.1. The summed E-state index contributed by atoms with van der Waals surface area (Å²) in [5.41, 5.74) is 1.21. The van der Waals surface area contributed by atoms with Crippen LogP contribution in [0.5, 0.6) is 5.75 Å². The number of benzene rings is 1. The molecule has 2 fully saturated rings. The van der Waals surface area contributed by atoms with Crippen LogP contribution >= 0.6 is 0 Å². The highest BCUT2D eigenvalue weighted by Crippen LogP contribution is 2.40. The van der Waals surface area contributed by atoms with E-state index in [0.29, 0.717) is 68.8 Å². The summed E-state index contributed by atoms with van der Waals surface area (Å²) < 4.78 is 52.2. The highest BCUT2D eigenvalue weighted by molar-refractivity contribution is 5.98. The summed E-state index contributed by atoms with van der Waals surface area (Å²) in [6, 6.07) is 3.47. The smallest absolute Gasteiger partial charge is 0.418 e. The normalized spacial score (nSPS) is 17.9. The number of carbonyl (C=O) groups excluding carboxylic acids is 1. The minimum Gasteiger partial charge on any atom is -0.491 e. The summed E-state index contributed by atoms with van der Waals surface area (Å²) in [4.78, 5) is 26.3. The van der Waals surface area contributed by atoms with Gasteiger partial charge in [0.25, 0.3) is 5.91 Å². The van der Waals surface area contributed by atoms with Crippen molar-refractivity contribution in [3.63, 3.8) is 0 Å². The molecule has 3 N–H and O–H groups in total. The fourth-order valence-corrected chi connectivity index (χ4v) is 5.03. The quantitative estimate of drug-likeness (QED) is 0.448. The second-order valence-corrected chi connectivity index (χ2v) is 9.59. The molecule has 0 atom stereocenters. The van der Waals surface area contributed by atoms with E-state index in [-0.39, 0.29) is 28.7 Å². The third kappa shape index (κ3) is 4.54. The Morgan fingerprint density at radius 1 is 1.16 bits per heavy atom. The molecule has 12 heteroatoms. The molecule has 3 aromatic rings. The van der Waals surface area contributed by atoms with Crippen molar-refractivity contribution in [1.82, 2.24) is 19.9 Å². The Hall–Kier alpha value is -3.54. The minimum absolute atomic E-state index is 0.0668. The van der Waals surface area contributed by atoms with Gasteiger partial charge >= 0.3 is 6.18 Å². The van der Waals surface area contributed by atoms with E-state index in [0.717, 1.165) is 31.0 Å². The molecule has 9 nitrogen and oxygen atoms in total. The summed E-state index contributed by atoms with van der Waals surface area (Å²) >= 11 is 0. The van der Waals surface area contributed by atoms with Crippen molar-refractivity contribution in [3.8, 4) is 5.75 Å². The third-order valence-corrected chi connectivity index (χ3v) is 7.25. The Balaban J connectivity index is 1.32. The SMILES string of the molecule is O=C(c1ccc(Nc2nc(NCC3CCC3)c3c(C(F)(F)F)c[nH]c3n2)c2c1CCO2)N1CCOCC1. The predicted molar refractivity (Wildman–Crippen MR) is 130 cm³/mol. The molecule has 0 bridgehead atoms. The molecule has 4 heterocycles. The molecular formula is C25H27F3N6O3. The highest BCUT2D eigenvalue weighted by Gasteiger charge is 2.36. The summed E-state index contributed by atoms with van der Waals surface area (Å²) in [5.74, 6) is 1.15. The number of hydrogen-bond acceptors (Lipinski definition) is 7. The lowest BCUT2D eigenvalue weighted by Crippen LogP contribution is -2.41. The molecular weight excluding hydrogens is 489 g/mol. The van der Waals surface area contributed by atoms with Crippen molar-refractivity contribution < 1.29 is 27.4 Å². The maximum atomic E-state index is 13.7. The van der Waals surface area contributed by atoms with Crippen LogP contribution in [0.15, 0.2) is 18.3 Å². The number of H-pyrrole nitrogens is 1. The molecule has 1 saturated heterocycles. The number of amides is 1. The molecule has 1 aromatic carbocycles. The van der Waals surface area contributed by atoms with Crippen molar-refractivity contribution in [2.75, 3.05) is 50.1 Å². The number of carbonyl (C=O) groups is 1. The van der Waals surface area contributed by atoms with E-state index < -0.39 is 11.7 Å². The number of nitrogens with zero attached hydrogens (tertiary/aromatic N) is 3. The van der Waals surface area contributed by atoms with Crippen LogP contribution in [0, 0.1) is 5.92 Å². The lowest BCUT2D eigenvalue weighted by Gasteiger charge is -2.27. The van der Waals surface area contributed by atoms with Gasteiger partial charge in [-0.15, -0.1) is 0 Å². The number of ether oxygens (including phenoxy) is 2. The van der Waals surface area contributed by atoms with Crippen molar-refractivity contribution in [3.05, 3.63) is 35.0 Å². The molecule has 0 radical (unpaired) electrons. The van der Waals surface area contributed by atoms with E-state index in [1.54, 1.807) is 17.0 Å². The third-order valence-electron chi connectivity index (χ3n) is 7.25. The van der Waals surface area contributed by atoms with Gasteiger partial charge in [-0.3, -0.25) is 4.79 Å². The van der Waals surface area contributed by atoms with Crippen LogP contribution in [0.2, 0.25) is 0 Å². The Kier molecular flexibility index (Phi) is 6.06. The average molecular weight is 517 g/mol. The summed E-state index contributed by atoms with van der Waals surface area (Å²) in [6.45, 7) is 3.07. The van der Waals surface area contributed by atoms with E-state index in [4.69, 9.17) is 9.47 Å². The predicted octanol–water partition coefficient (Wildman–Crippen LogP) is 4.34. The second-order valence-electron chi connectivity index (χ2n) is 9.59. The van der Waals surface area contributed by atoms with Gasteiger partial charge < -0.3 is 30.0 Å². The standard InChI is InChI=1S/C25H27F3N6O3/c26-25(27,28)17-13-30-22-19(17)21(29-12-14-2-1-3-14)32-24(33-22)31-18-5-4-16(15-6-9-37-20(15)18)23(35)34-7-10-36-11-8-34/h4-5,13-14H,1-3,6-12H2,(H3,29,30,31,32,33). The van der Waals surface area contributed by atoms with Crippen LogP contribution < -0.4 is 15.4 Å². The van der Waals surface area contributed by atoms with Crippen molar-refractivity contribution in [1.29, 1.82) is 0 Å². The van der Waals surface area contributed by atoms with E-state index in [2.05, 4.69) is 25.6 Å². The van der Waals surface area contributed by atoms with Gasteiger partial charge in [0.2, 0.25) is 5.95 Å². The van der Waals surface area contributed by atoms with Crippen LogP contribution in [-0.4, -0.2) is 65.2 Å². The maximum Gasteiger partial charge on any atom is 0.418 e. The van der Waals surface area contributed by atoms with Gasteiger partial charge in [-0.25, -0.2) is 0 Å². The zero-order chi connectivity index (χ0) is 25.6. The summed E-state index contributed by atoms with van der Waals surface area (Å²) in [6.07, 6.45) is 0.183. The second kappa shape index (κ2) is 9.40. The number of anilines is 3. The van der Waals surface area contributed by atoms with Crippen LogP contribution in [-0.2, 0) is 17.3 Å². The molecule has 1 amide bonds. The van der Waals surface area contributed by atoms with Gasteiger partial charge in [-0.1, -0.05) is 6.42 Å². The van der Waals surface area contributed by atoms with Crippen molar-refractivity contribution in [2.45, 2.75) is 31.9 Å². The fraction of sp³-hybridized carbons (Fsp3) is 0.480. The summed E-state index contributed by atoms with van der Waals surface area (Å²) in [7, 11) is 0. The first kappa shape index (κ1) is 23.8. The Morgan fingerprint density at radius 2 is 1.97 bits per heavy atom. The molecule has 0 spiro atoms. The van der Waals surface area contributed by atoms with Crippen LogP contribution in [0.3, 0.4) is 0 Å². The van der Waals surface area contributed by atoms with Gasteiger partial charge in [-0.2, -0.15) is 23.1 Å². The fourth-order valence-electron chi connectivity index (χ4n) is 5.03. The molecule has 1 aliphatic carbocycles. The average Bonchev–Trinajstić information content (AvgIpc) is 3.51. The monoisotopic (exact) mass is 516 g/mol. The first-order chi connectivity index (χ1) is 17.9. The number of halogens is 3. The molecule has 2 aromatic heterocycles. The number of aromatic nitrogens is 3. The topological polar surface area (TPSA) is 104 Å². The first-order valence-electron chi connectivity index (χ1n) is 12.5. The number of nitrogens with one attached hydrogen (secondary N) is 3. The Bertz CT molecular complexity index is 1330. The lowest BCUT2D eigenvalue weighted by atomic mass is 9.85. The number of hydrogen-bond donors (Lipinski definition) is 3. The van der Waals surface area contributed by atoms with E-state index in [9.17, 15) is 18.0 Å². The number of rotatable bonds is 6. The highest BCUT2D eigenvalue weighted by atomic mass is 19.4. The molecule has 6 rings (SSSR count). The van der Waals surface area contributed by atoms with Crippen LogP contribution in [0.4, 0.5) is 30.6 Å². The Morgan fingerprint density at radius 3 is 2.70 bits per heavy atom. The first-order valence-corrected chi connectivity index (χ1v) is 12.5. The van der Waals surface area contributed by atoms with E-state index in [1.807, 2.05) is 0 Å². The molecule has 0 unspecified atom stereocenters. The van der Waals surface area contributed by atoms with Crippen molar-refractivity contribution in [2.24, 2.45) is 5.92 Å². The molecule has 196 valence electrons. The van der Waals surface area contributed by atoms with Gasteiger partial charge in [0.1, 0.15) is 17.2 Å². The van der Waals surface area contributed by atoms with E-state index >= 15 is 0 Å². The molecule has 3 aliphatic rings. The van der Waals surface area contributed by atoms with Gasteiger partial charge in [0, 0.05) is 43.4 Å². The molecule has 1 saturated carbocycles.